The summed E-state index contributed by atoms with van der Waals surface area (Å²) >= 11 is 0. The lowest BCUT2D eigenvalue weighted by Crippen LogP contribution is -2.12. The van der Waals surface area contributed by atoms with Gasteiger partial charge in [0.25, 0.3) is 10.0 Å². The molecule has 5 nitrogen and oxygen atoms in total. The first-order chi connectivity index (χ1) is 13.0. The first kappa shape index (κ1) is 17.2. The zero-order valence-corrected chi connectivity index (χ0v) is 15.3. The highest BCUT2D eigenvalue weighted by Crippen LogP contribution is 2.33. The minimum atomic E-state index is -3.88. The second-order valence-electron chi connectivity index (χ2n) is 6.14. The minimum Gasteiger partial charge on any atom is -0.294 e. The molecule has 0 spiro atoms. The van der Waals surface area contributed by atoms with E-state index in [4.69, 9.17) is 0 Å². The first-order valence-corrected chi connectivity index (χ1v) is 9.81. The van der Waals surface area contributed by atoms with Gasteiger partial charge in [-0.25, -0.2) is 17.4 Å². The number of nitrogens with zero attached hydrogens (tertiary/aromatic N) is 2. The Labute approximate surface area is 157 Å². The minimum absolute atomic E-state index is 0.143. The second kappa shape index (κ2) is 6.48. The summed E-state index contributed by atoms with van der Waals surface area (Å²) < 4.78 is 27.4. The van der Waals surface area contributed by atoms with Gasteiger partial charge in [-0.2, -0.15) is 0 Å². The van der Waals surface area contributed by atoms with Crippen LogP contribution in [0.1, 0.15) is 17.3 Å². The zero-order chi connectivity index (χ0) is 19.0. The molecule has 0 aliphatic heterocycles. The van der Waals surface area contributed by atoms with Crippen LogP contribution in [-0.2, 0) is 10.0 Å². The number of Topliss-reactive ketones (excluding diaryl/α,β-unsaturated/α-hetero) is 1. The fraction of sp³-hybridized carbons (Fsp3) is 0.0476. The van der Waals surface area contributed by atoms with Crippen molar-refractivity contribution in [2.75, 3.05) is 0 Å². The molecular weight excluding hydrogens is 360 g/mol. The summed E-state index contributed by atoms with van der Waals surface area (Å²) in [5.74, 6) is -0.216. The molecule has 0 saturated carbocycles. The molecule has 0 saturated heterocycles. The van der Waals surface area contributed by atoms with E-state index in [2.05, 4.69) is 4.98 Å². The van der Waals surface area contributed by atoms with Gasteiger partial charge in [-0.3, -0.25) is 4.79 Å². The average molecular weight is 376 g/mol. The van der Waals surface area contributed by atoms with Crippen LogP contribution in [-0.4, -0.2) is 23.2 Å². The van der Waals surface area contributed by atoms with Gasteiger partial charge in [0.05, 0.1) is 4.90 Å². The van der Waals surface area contributed by atoms with Gasteiger partial charge in [-0.15, -0.1) is 0 Å². The van der Waals surface area contributed by atoms with Crippen LogP contribution in [0.5, 0.6) is 0 Å². The number of hydrogen-bond acceptors (Lipinski definition) is 4. The molecule has 0 N–H and O–H groups in total. The molecule has 0 bridgehead atoms. The highest BCUT2D eigenvalue weighted by Gasteiger charge is 2.25. The van der Waals surface area contributed by atoms with Crippen molar-refractivity contribution in [1.29, 1.82) is 0 Å². The lowest BCUT2D eigenvalue weighted by atomic mass is 10.0. The van der Waals surface area contributed by atoms with E-state index in [0.29, 0.717) is 10.9 Å². The summed E-state index contributed by atoms with van der Waals surface area (Å²) in [7, 11) is -3.88. The van der Waals surface area contributed by atoms with Gasteiger partial charge in [0, 0.05) is 23.3 Å². The predicted octanol–water partition coefficient (Wildman–Crippen LogP) is 4.14. The van der Waals surface area contributed by atoms with E-state index < -0.39 is 10.0 Å². The molecule has 6 heteroatoms. The van der Waals surface area contributed by atoms with E-state index in [1.54, 1.807) is 30.5 Å². The Kier molecular flexibility index (Phi) is 4.12. The van der Waals surface area contributed by atoms with Gasteiger partial charge >= 0.3 is 0 Å². The van der Waals surface area contributed by atoms with Gasteiger partial charge < -0.3 is 0 Å². The number of rotatable bonds is 4. The summed E-state index contributed by atoms with van der Waals surface area (Å²) in [6.07, 6.45) is 2.93. The molecule has 0 unspecified atom stereocenters. The highest BCUT2D eigenvalue weighted by atomic mass is 32.2. The van der Waals surface area contributed by atoms with Crippen LogP contribution < -0.4 is 0 Å². The second-order valence-corrected chi connectivity index (χ2v) is 7.95. The molecular formula is C21H16N2O3S. The van der Waals surface area contributed by atoms with Crippen LogP contribution in [0.15, 0.2) is 84.0 Å². The van der Waals surface area contributed by atoms with Gasteiger partial charge in [-0.05, 0) is 36.2 Å². The molecule has 2 aromatic heterocycles. The molecule has 4 aromatic rings. The third-order valence-electron chi connectivity index (χ3n) is 4.42. The molecule has 0 aliphatic carbocycles. The number of hydrogen-bond donors (Lipinski definition) is 0. The lowest BCUT2D eigenvalue weighted by Gasteiger charge is -2.08. The Bertz CT molecular complexity index is 1240. The molecule has 0 radical (unpaired) electrons. The molecule has 2 heterocycles. The van der Waals surface area contributed by atoms with Crippen molar-refractivity contribution in [3.63, 3.8) is 0 Å². The number of aromatic nitrogens is 2. The van der Waals surface area contributed by atoms with Crippen molar-refractivity contribution >= 4 is 26.8 Å². The van der Waals surface area contributed by atoms with E-state index in [-0.39, 0.29) is 16.3 Å². The van der Waals surface area contributed by atoms with Crippen LogP contribution in [0.2, 0.25) is 0 Å². The predicted molar refractivity (Wildman–Crippen MR) is 104 cm³/mol. The van der Waals surface area contributed by atoms with Crippen LogP contribution in [0, 0.1) is 0 Å². The Morgan fingerprint density at radius 3 is 2.19 bits per heavy atom. The standard InChI is InChI=1S/C21H16N2O3S/c1-15(24)19-14-23(27(25,26)17-10-6-3-7-11-17)21-20(19)18(12-13-22-21)16-8-4-2-5-9-16/h2-14H,1H3. The van der Waals surface area contributed by atoms with Crippen molar-refractivity contribution in [3.05, 3.63) is 84.7 Å². The molecule has 27 heavy (non-hydrogen) atoms. The number of pyridine rings is 1. The SMILES string of the molecule is CC(=O)c1cn(S(=O)(=O)c2ccccc2)c2nccc(-c3ccccc3)c12. The smallest absolute Gasteiger partial charge is 0.269 e. The van der Waals surface area contributed by atoms with Crippen molar-refractivity contribution in [1.82, 2.24) is 8.96 Å². The molecule has 0 fully saturated rings. The molecule has 0 amide bonds. The van der Waals surface area contributed by atoms with E-state index in [9.17, 15) is 13.2 Å². The van der Waals surface area contributed by atoms with Crippen molar-refractivity contribution in [2.45, 2.75) is 11.8 Å². The summed E-state index contributed by atoms with van der Waals surface area (Å²) in [4.78, 5) is 16.7. The average Bonchev–Trinajstić information content (AvgIpc) is 3.10. The Hall–Kier alpha value is -3.25. The van der Waals surface area contributed by atoms with Gasteiger partial charge in [0.1, 0.15) is 0 Å². The Morgan fingerprint density at radius 1 is 0.926 bits per heavy atom. The maximum absolute atomic E-state index is 13.1. The topological polar surface area (TPSA) is 69.0 Å². The fourth-order valence-electron chi connectivity index (χ4n) is 3.14. The van der Waals surface area contributed by atoms with E-state index >= 15 is 0 Å². The Morgan fingerprint density at radius 2 is 1.56 bits per heavy atom. The third-order valence-corrected chi connectivity index (χ3v) is 6.08. The monoisotopic (exact) mass is 376 g/mol. The lowest BCUT2D eigenvalue weighted by molar-refractivity contribution is 0.101. The largest absolute Gasteiger partial charge is 0.294 e. The molecule has 0 atom stereocenters. The van der Waals surface area contributed by atoms with Gasteiger partial charge in [0.15, 0.2) is 11.4 Å². The number of ketones is 1. The summed E-state index contributed by atoms with van der Waals surface area (Å²) in [6, 6.07) is 19.4. The molecule has 4 rings (SSSR count). The zero-order valence-electron chi connectivity index (χ0n) is 14.5. The first-order valence-electron chi connectivity index (χ1n) is 8.37. The van der Waals surface area contributed by atoms with Crippen molar-refractivity contribution in [3.8, 4) is 11.1 Å². The maximum Gasteiger partial charge on any atom is 0.269 e. The van der Waals surface area contributed by atoms with Gasteiger partial charge in [0.2, 0.25) is 0 Å². The number of benzene rings is 2. The molecule has 0 aliphatic rings. The van der Waals surface area contributed by atoms with Crippen LogP contribution in [0.3, 0.4) is 0 Å². The number of fused-ring (bicyclic) bond motifs is 1. The highest BCUT2D eigenvalue weighted by molar-refractivity contribution is 7.90. The molecule has 134 valence electrons. The summed E-state index contributed by atoms with van der Waals surface area (Å²) in [5.41, 5.74) is 2.23. The van der Waals surface area contributed by atoms with Crippen LogP contribution in [0.4, 0.5) is 0 Å². The van der Waals surface area contributed by atoms with Crippen molar-refractivity contribution in [2.24, 2.45) is 0 Å². The fourth-order valence-corrected chi connectivity index (χ4v) is 4.48. The van der Waals surface area contributed by atoms with E-state index in [0.717, 1.165) is 15.1 Å². The quantitative estimate of drug-likeness (QED) is 0.502. The summed E-state index contributed by atoms with van der Waals surface area (Å²) in [6.45, 7) is 1.43. The van der Waals surface area contributed by atoms with Crippen LogP contribution >= 0.6 is 0 Å². The van der Waals surface area contributed by atoms with Gasteiger partial charge in [-0.1, -0.05) is 48.5 Å². The van der Waals surface area contributed by atoms with E-state index in [1.165, 1.54) is 25.3 Å². The maximum atomic E-state index is 13.1. The third kappa shape index (κ3) is 2.84. The Balaban J connectivity index is 2.07. The summed E-state index contributed by atoms with van der Waals surface area (Å²) in [5, 5.41) is 0.538. The van der Waals surface area contributed by atoms with E-state index in [1.807, 2.05) is 30.3 Å². The number of carbonyl (C=O) groups is 1. The molecule has 2 aromatic carbocycles. The van der Waals surface area contributed by atoms with Crippen molar-refractivity contribution < 1.29 is 13.2 Å². The van der Waals surface area contributed by atoms with Crippen LogP contribution in [0.25, 0.3) is 22.2 Å². The normalized spacial score (nSPS) is 11.6. The number of carbonyl (C=O) groups excluding carboxylic acids is 1.